The molecule has 3 heterocycles. The second-order valence-electron chi connectivity index (χ2n) is 6.33. The van der Waals surface area contributed by atoms with Crippen LogP contribution in [0.2, 0.25) is 0 Å². The van der Waals surface area contributed by atoms with Crippen molar-refractivity contribution in [1.82, 2.24) is 9.78 Å². The molecule has 0 unspecified atom stereocenters. The second kappa shape index (κ2) is 6.21. The Balaban J connectivity index is 1.49. The van der Waals surface area contributed by atoms with Gasteiger partial charge in [0.1, 0.15) is 5.82 Å². The molecule has 134 valence electrons. The Labute approximate surface area is 149 Å². The van der Waals surface area contributed by atoms with Crippen molar-refractivity contribution in [1.29, 1.82) is 0 Å². The summed E-state index contributed by atoms with van der Waals surface area (Å²) in [5.74, 6) is 1.96. The fourth-order valence-electron chi connectivity index (χ4n) is 3.00. The van der Waals surface area contributed by atoms with E-state index in [1.165, 1.54) is 6.08 Å². The Kier molecular flexibility index (Phi) is 3.87. The van der Waals surface area contributed by atoms with E-state index in [9.17, 15) is 9.59 Å². The first-order chi connectivity index (χ1) is 12.5. The predicted octanol–water partition coefficient (Wildman–Crippen LogP) is 1.93. The van der Waals surface area contributed by atoms with E-state index in [2.05, 4.69) is 15.7 Å². The molecule has 4 rings (SSSR count). The van der Waals surface area contributed by atoms with Crippen LogP contribution < -0.4 is 20.1 Å². The third-order valence-electron chi connectivity index (χ3n) is 4.41. The molecule has 8 nitrogen and oxygen atoms in total. The zero-order valence-corrected chi connectivity index (χ0v) is 14.4. The molecule has 0 fully saturated rings. The molecule has 0 saturated heterocycles. The molecule has 0 radical (unpaired) electrons. The molecule has 2 N–H and O–H groups in total. The van der Waals surface area contributed by atoms with Crippen molar-refractivity contribution in [2.45, 2.75) is 13.3 Å². The molecule has 0 aliphatic carbocycles. The average Bonchev–Trinajstić information content (AvgIpc) is 3.19. The number of ether oxygens (including phenoxy) is 2. The maximum Gasteiger partial charge on any atom is 0.249 e. The lowest BCUT2D eigenvalue weighted by Crippen LogP contribution is -2.28. The minimum atomic E-state index is -0.298. The van der Waals surface area contributed by atoms with E-state index in [1.807, 2.05) is 19.1 Å². The van der Waals surface area contributed by atoms with E-state index < -0.39 is 0 Å². The number of benzene rings is 1. The minimum Gasteiger partial charge on any atom is -0.454 e. The zero-order chi connectivity index (χ0) is 18.3. The number of hydrogen-bond donors (Lipinski definition) is 2. The van der Waals surface area contributed by atoms with Crippen molar-refractivity contribution >= 4 is 29.5 Å². The Morgan fingerprint density at radius 1 is 1.38 bits per heavy atom. The normalized spacial score (nSPS) is 17.9. The average molecular weight is 354 g/mol. The van der Waals surface area contributed by atoms with Crippen LogP contribution in [-0.4, -0.2) is 28.4 Å². The molecule has 2 aromatic rings. The number of nitrogens with zero attached hydrogens (tertiary/aromatic N) is 2. The van der Waals surface area contributed by atoms with Crippen molar-refractivity contribution in [2.24, 2.45) is 13.0 Å². The number of carbonyl (C=O) groups is 2. The van der Waals surface area contributed by atoms with E-state index in [0.717, 1.165) is 11.1 Å². The van der Waals surface area contributed by atoms with Crippen LogP contribution in [0, 0.1) is 5.92 Å². The molecule has 1 aromatic heterocycles. The third-order valence-corrected chi connectivity index (χ3v) is 4.41. The van der Waals surface area contributed by atoms with E-state index in [1.54, 1.807) is 23.9 Å². The summed E-state index contributed by atoms with van der Waals surface area (Å²) in [4.78, 5) is 24.1. The topological polar surface area (TPSA) is 94.5 Å². The quantitative estimate of drug-likeness (QED) is 0.822. The van der Waals surface area contributed by atoms with Gasteiger partial charge in [0.2, 0.25) is 18.6 Å². The third kappa shape index (κ3) is 2.90. The molecule has 8 heteroatoms. The van der Waals surface area contributed by atoms with Gasteiger partial charge in [-0.25, -0.2) is 0 Å². The summed E-state index contributed by atoms with van der Waals surface area (Å²) in [5, 5.41) is 9.91. The molecule has 1 atom stereocenters. The highest BCUT2D eigenvalue weighted by Gasteiger charge is 2.28. The van der Waals surface area contributed by atoms with Crippen molar-refractivity contribution in [3.63, 3.8) is 0 Å². The maximum atomic E-state index is 12.3. The number of anilines is 2. The number of hydrogen-bond acceptors (Lipinski definition) is 5. The first-order valence-corrected chi connectivity index (χ1v) is 8.26. The van der Waals surface area contributed by atoms with Crippen LogP contribution in [0.5, 0.6) is 11.5 Å². The number of amides is 2. The van der Waals surface area contributed by atoms with Crippen LogP contribution in [0.3, 0.4) is 0 Å². The molecule has 26 heavy (non-hydrogen) atoms. The van der Waals surface area contributed by atoms with Crippen LogP contribution in [-0.2, 0) is 23.1 Å². The first kappa shape index (κ1) is 16.2. The standard InChI is InChI=1S/C18H18N4O4/c1-10-7-12-16(21-22(2)17(12)20-18(10)24)19-15(23)6-4-11-3-5-13-14(8-11)26-9-25-13/h3-6,8,10H,7,9H2,1-2H3,(H,20,24)(H,19,21,23)/b6-4-/t10-/m1/s1. The van der Waals surface area contributed by atoms with Crippen molar-refractivity contribution in [3.05, 3.63) is 35.4 Å². The van der Waals surface area contributed by atoms with Gasteiger partial charge in [-0.2, -0.15) is 5.10 Å². The fourth-order valence-corrected chi connectivity index (χ4v) is 3.00. The smallest absolute Gasteiger partial charge is 0.249 e. The van der Waals surface area contributed by atoms with Gasteiger partial charge in [0.15, 0.2) is 17.3 Å². The Hall–Kier alpha value is -3.29. The van der Waals surface area contributed by atoms with E-state index in [4.69, 9.17) is 9.47 Å². The number of nitrogens with one attached hydrogen (secondary N) is 2. The molecule has 0 bridgehead atoms. The number of aryl methyl sites for hydroxylation is 1. The summed E-state index contributed by atoms with van der Waals surface area (Å²) in [6.07, 6.45) is 3.66. The van der Waals surface area contributed by atoms with Crippen LogP contribution in [0.25, 0.3) is 6.08 Å². The van der Waals surface area contributed by atoms with Crippen LogP contribution in [0.15, 0.2) is 24.3 Å². The predicted molar refractivity (Wildman–Crippen MR) is 94.9 cm³/mol. The van der Waals surface area contributed by atoms with Gasteiger partial charge < -0.3 is 20.1 Å². The molecule has 0 saturated carbocycles. The summed E-state index contributed by atoms with van der Waals surface area (Å²) in [5.41, 5.74) is 1.66. The summed E-state index contributed by atoms with van der Waals surface area (Å²) in [6.45, 7) is 2.05. The molecular weight excluding hydrogens is 336 g/mol. The lowest BCUT2D eigenvalue weighted by molar-refractivity contribution is -0.119. The number of aromatic nitrogens is 2. The Bertz CT molecular complexity index is 932. The minimum absolute atomic E-state index is 0.0407. The first-order valence-electron chi connectivity index (χ1n) is 8.26. The highest BCUT2D eigenvalue weighted by Crippen LogP contribution is 2.33. The molecule has 2 aliphatic heterocycles. The van der Waals surface area contributed by atoms with Crippen LogP contribution >= 0.6 is 0 Å². The molecule has 2 aliphatic rings. The van der Waals surface area contributed by atoms with Crippen LogP contribution in [0.4, 0.5) is 11.6 Å². The van der Waals surface area contributed by atoms with Gasteiger partial charge in [-0.15, -0.1) is 0 Å². The monoisotopic (exact) mass is 354 g/mol. The number of fused-ring (bicyclic) bond motifs is 2. The van der Waals surface area contributed by atoms with Gasteiger partial charge in [-0.3, -0.25) is 14.3 Å². The lowest BCUT2D eigenvalue weighted by Gasteiger charge is -2.19. The van der Waals surface area contributed by atoms with Gasteiger partial charge >= 0.3 is 0 Å². The van der Waals surface area contributed by atoms with Crippen molar-refractivity contribution in [3.8, 4) is 11.5 Å². The van der Waals surface area contributed by atoms with E-state index in [-0.39, 0.29) is 24.5 Å². The van der Waals surface area contributed by atoms with Gasteiger partial charge in [-0.05, 0) is 30.2 Å². The van der Waals surface area contributed by atoms with Gasteiger partial charge in [0.25, 0.3) is 0 Å². The van der Waals surface area contributed by atoms with Gasteiger partial charge in [0, 0.05) is 24.6 Å². The van der Waals surface area contributed by atoms with Crippen molar-refractivity contribution < 1.29 is 19.1 Å². The Morgan fingerprint density at radius 3 is 3.04 bits per heavy atom. The highest BCUT2D eigenvalue weighted by molar-refractivity contribution is 6.03. The van der Waals surface area contributed by atoms with Crippen molar-refractivity contribution in [2.75, 3.05) is 17.4 Å². The summed E-state index contributed by atoms with van der Waals surface area (Å²) >= 11 is 0. The van der Waals surface area contributed by atoms with Gasteiger partial charge in [-0.1, -0.05) is 13.0 Å². The summed E-state index contributed by atoms with van der Waals surface area (Å²) in [6, 6.07) is 5.46. The molecular formula is C18H18N4O4. The molecule has 1 aromatic carbocycles. The Morgan fingerprint density at radius 2 is 2.19 bits per heavy atom. The van der Waals surface area contributed by atoms with E-state index >= 15 is 0 Å². The number of carbonyl (C=O) groups excluding carboxylic acids is 2. The zero-order valence-electron chi connectivity index (χ0n) is 14.4. The SMILES string of the molecule is C[C@@H]1Cc2c(NC(=O)/C=C\c3ccc4c(c3)OCO4)nn(C)c2NC1=O. The molecule has 2 amide bonds. The second-order valence-corrected chi connectivity index (χ2v) is 6.33. The maximum absolute atomic E-state index is 12.3. The van der Waals surface area contributed by atoms with Crippen LogP contribution in [0.1, 0.15) is 18.1 Å². The lowest BCUT2D eigenvalue weighted by atomic mass is 9.98. The van der Waals surface area contributed by atoms with Gasteiger partial charge in [0.05, 0.1) is 0 Å². The largest absolute Gasteiger partial charge is 0.454 e. The fraction of sp³-hybridized carbons (Fsp3) is 0.278. The summed E-state index contributed by atoms with van der Waals surface area (Å²) in [7, 11) is 1.73. The number of rotatable bonds is 3. The highest BCUT2D eigenvalue weighted by atomic mass is 16.7. The summed E-state index contributed by atoms with van der Waals surface area (Å²) < 4.78 is 12.2. The molecule has 0 spiro atoms. The van der Waals surface area contributed by atoms with E-state index in [0.29, 0.717) is 29.6 Å².